The number of para-hydroxylation sites is 2. The minimum atomic E-state index is -0.195. The van der Waals surface area contributed by atoms with E-state index in [1.807, 2.05) is 48.5 Å². The van der Waals surface area contributed by atoms with Crippen molar-refractivity contribution in [3.63, 3.8) is 0 Å². The van der Waals surface area contributed by atoms with E-state index in [0.29, 0.717) is 23.0 Å². The summed E-state index contributed by atoms with van der Waals surface area (Å²) in [6, 6.07) is 22.5. The third kappa shape index (κ3) is 3.44. The fourth-order valence-corrected chi connectivity index (χ4v) is 3.18. The molecule has 0 saturated heterocycles. The van der Waals surface area contributed by atoms with Crippen LogP contribution in [0.5, 0.6) is 0 Å². The fraction of sp³-hybridized carbons (Fsp3) is 0.0435. The quantitative estimate of drug-likeness (QED) is 0.454. The molecule has 0 aliphatic heterocycles. The normalized spacial score (nSPS) is 11.0. The molecule has 0 aliphatic carbocycles. The Morgan fingerprint density at radius 2 is 1.63 bits per heavy atom. The van der Waals surface area contributed by atoms with Gasteiger partial charge in [0.15, 0.2) is 5.82 Å². The number of benzene rings is 3. The van der Waals surface area contributed by atoms with Gasteiger partial charge in [-0.25, -0.2) is 4.98 Å². The van der Waals surface area contributed by atoms with E-state index in [1.54, 1.807) is 31.2 Å². The van der Waals surface area contributed by atoms with Crippen molar-refractivity contribution in [2.45, 2.75) is 6.92 Å². The highest BCUT2D eigenvalue weighted by Crippen LogP contribution is 2.23. The SMILES string of the molecule is Cc1noc(-c2ccc(C(=O)Nc3ccc(-c4nc5ccccc5[nH]4)cc3)cc2)n1. The number of nitrogens with one attached hydrogen (secondary N) is 2. The summed E-state index contributed by atoms with van der Waals surface area (Å²) in [7, 11) is 0. The zero-order valence-corrected chi connectivity index (χ0v) is 16.1. The van der Waals surface area contributed by atoms with Crippen LogP contribution in [0.3, 0.4) is 0 Å². The van der Waals surface area contributed by atoms with Crippen LogP contribution in [0.25, 0.3) is 33.9 Å². The van der Waals surface area contributed by atoms with Gasteiger partial charge in [-0.1, -0.05) is 17.3 Å². The molecule has 2 aromatic heterocycles. The average Bonchev–Trinajstić information content (AvgIpc) is 3.40. The van der Waals surface area contributed by atoms with Gasteiger partial charge in [-0.05, 0) is 67.6 Å². The lowest BCUT2D eigenvalue weighted by Gasteiger charge is -2.06. The number of rotatable bonds is 4. The number of fused-ring (bicyclic) bond motifs is 1. The molecule has 3 aromatic carbocycles. The number of imidazole rings is 1. The van der Waals surface area contributed by atoms with E-state index >= 15 is 0 Å². The van der Waals surface area contributed by atoms with Crippen LogP contribution >= 0.6 is 0 Å². The Kier molecular flexibility index (Phi) is 4.33. The van der Waals surface area contributed by atoms with Crippen molar-refractivity contribution in [2.75, 3.05) is 5.32 Å². The molecule has 0 radical (unpaired) electrons. The summed E-state index contributed by atoms with van der Waals surface area (Å²) in [6.07, 6.45) is 0. The van der Waals surface area contributed by atoms with E-state index in [1.165, 1.54) is 0 Å². The van der Waals surface area contributed by atoms with Crippen LogP contribution in [-0.2, 0) is 0 Å². The first kappa shape index (κ1) is 17.8. The van der Waals surface area contributed by atoms with Crippen molar-refractivity contribution in [2.24, 2.45) is 0 Å². The van der Waals surface area contributed by atoms with Crippen molar-refractivity contribution >= 4 is 22.6 Å². The first-order valence-electron chi connectivity index (χ1n) is 9.43. The summed E-state index contributed by atoms with van der Waals surface area (Å²) in [5.41, 5.74) is 4.87. The lowest BCUT2D eigenvalue weighted by atomic mass is 10.1. The summed E-state index contributed by atoms with van der Waals surface area (Å²) in [5.74, 6) is 1.60. The predicted octanol–water partition coefficient (Wildman–Crippen LogP) is 4.84. The predicted molar refractivity (Wildman–Crippen MR) is 114 cm³/mol. The van der Waals surface area contributed by atoms with Crippen LogP contribution in [-0.4, -0.2) is 26.0 Å². The van der Waals surface area contributed by atoms with Gasteiger partial charge >= 0.3 is 0 Å². The molecule has 5 aromatic rings. The number of carbonyl (C=O) groups is 1. The topological polar surface area (TPSA) is 96.7 Å². The van der Waals surface area contributed by atoms with Crippen molar-refractivity contribution in [1.29, 1.82) is 0 Å². The Morgan fingerprint density at radius 3 is 2.33 bits per heavy atom. The molecule has 0 unspecified atom stereocenters. The van der Waals surface area contributed by atoms with Crippen molar-refractivity contribution in [3.05, 3.63) is 84.2 Å². The number of aromatic amines is 1. The minimum absolute atomic E-state index is 0.195. The van der Waals surface area contributed by atoms with Crippen molar-refractivity contribution in [1.82, 2.24) is 20.1 Å². The Bertz CT molecular complexity index is 1300. The van der Waals surface area contributed by atoms with Gasteiger partial charge in [0, 0.05) is 22.4 Å². The highest BCUT2D eigenvalue weighted by Gasteiger charge is 2.10. The number of aryl methyl sites for hydroxylation is 1. The van der Waals surface area contributed by atoms with Crippen LogP contribution in [0.15, 0.2) is 77.3 Å². The van der Waals surface area contributed by atoms with Crippen LogP contribution < -0.4 is 5.32 Å². The van der Waals surface area contributed by atoms with Gasteiger partial charge in [-0.2, -0.15) is 4.98 Å². The van der Waals surface area contributed by atoms with E-state index in [2.05, 4.69) is 25.4 Å². The number of aromatic nitrogens is 4. The second kappa shape index (κ2) is 7.29. The summed E-state index contributed by atoms with van der Waals surface area (Å²) in [4.78, 5) is 24.6. The average molecular weight is 395 g/mol. The van der Waals surface area contributed by atoms with E-state index in [-0.39, 0.29) is 5.91 Å². The number of H-pyrrole nitrogens is 1. The van der Waals surface area contributed by atoms with Gasteiger partial charge in [0.05, 0.1) is 11.0 Å². The summed E-state index contributed by atoms with van der Waals surface area (Å²) in [5, 5.41) is 6.68. The second-order valence-electron chi connectivity index (χ2n) is 6.86. The highest BCUT2D eigenvalue weighted by molar-refractivity contribution is 6.04. The molecule has 0 spiro atoms. The standard InChI is InChI=1S/C23H17N5O2/c1-14-24-23(30-28-14)17-8-6-16(7-9-17)22(29)25-18-12-10-15(11-13-18)21-26-19-4-2-3-5-20(19)27-21/h2-13H,1H3,(H,25,29)(H,26,27). The molecule has 7 nitrogen and oxygen atoms in total. The number of nitrogens with zero attached hydrogens (tertiary/aromatic N) is 3. The van der Waals surface area contributed by atoms with Gasteiger partial charge < -0.3 is 14.8 Å². The molecular formula is C23H17N5O2. The highest BCUT2D eigenvalue weighted by atomic mass is 16.5. The van der Waals surface area contributed by atoms with Crippen LogP contribution in [0, 0.1) is 6.92 Å². The first-order chi connectivity index (χ1) is 14.7. The molecule has 0 bridgehead atoms. The zero-order valence-electron chi connectivity index (χ0n) is 16.1. The van der Waals surface area contributed by atoms with Gasteiger partial charge in [0.2, 0.25) is 0 Å². The zero-order chi connectivity index (χ0) is 20.5. The molecule has 2 heterocycles. The molecule has 0 aliphatic rings. The Balaban J connectivity index is 1.30. The van der Waals surface area contributed by atoms with Gasteiger partial charge in [-0.3, -0.25) is 4.79 Å². The van der Waals surface area contributed by atoms with Gasteiger partial charge in [0.25, 0.3) is 11.8 Å². The number of hydrogen-bond acceptors (Lipinski definition) is 5. The Labute approximate surface area is 171 Å². The third-order valence-electron chi connectivity index (χ3n) is 4.73. The molecule has 7 heteroatoms. The summed E-state index contributed by atoms with van der Waals surface area (Å²) >= 11 is 0. The monoisotopic (exact) mass is 395 g/mol. The van der Waals surface area contributed by atoms with Crippen LogP contribution in [0.2, 0.25) is 0 Å². The first-order valence-corrected chi connectivity index (χ1v) is 9.43. The van der Waals surface area contributed by atoms with Crippen molar-refractivity contribution < 1.29 is 9.32 Å². The molecule has 30 heavy (non-hydrogen) atoms. The van der Waals surface area contributed by atoms with Crippen LogP contribution in [0.4, 0.5) is 5.69 Å². The smallest absolute Gasteiger partial charge is 0.257 e. The second-order valence-corrected chi connectivity index (χ2v) is 6.86. The maximum atomic E-state index is 12.6. The third-order valence-corrected chi connectivity index (χ3v) is 4.73. The minimum Gasteiger partial charge on any atom is -0.338 e. The largest absolute Gasteiger partial charge is 0.338 e. The maximum absolute atomic E-state index is 12.6. The summed E-state index contributed by atoms with van der Waals surface area (Å²) in [6.45, 7) is 1.76. The summed E-state index contributed by atoms with van der Waals surface area (Å²) < 4.78 is 5.14. The number of hydrogen-bond donors (Lipinski definition) is 2. The van der Waals surface area contributed by atoms with Gasteiger partial charge in [0.1, 0.15) is 5.82 Å². The molecule has 0 fully saturated rings. The van der Waals surface area contributed by atoms with E-state index in [9.17, 15) is 4.79 Å². The lowest BCUT2D eigenvalue weighted by molar-refractivity contribution is 0.102. The molecule has 2 N–H and O–H groups in total. The Morgan fingerprint density at radius 1 is 0.900 bits per heavy atom. The van der Waals surface area contributed by atoms with E-state index < -0.39 is 0 Å². The molecule has 0 atom stereocenters. The molecule has 5 rings (SSSR count). The molecular weight excluding hydrogens is 378 g/mol. The Hall–Kier alpha value is -4.26. The fourth-order valence-electron chi connectivity index (χ4n) is 3.18. The maximum Gasteiger partial charge on any atom is 0.257 e. The van der Waals surface area contributed by atoms with Gasteiger partial charge in [-0.15, -0.1) is 0 Å². The lowest BCUT2D eigenvalue weighted by Crippen LogP contribution is -2.11. The molecule has 146 valence electrons. The van der Waals surface area contributed by atoms with Crippen LogP contribution in [0.1, 0.15) is 16.2 Å². The molecule has 1 amide bonds. The van der Waals surface area contributed by atoms with Crippen molar-refractivity contribution in [3.8, 4) is 22.8 Å². The number of carbonyl (C=O) groups excluding carboxylic acids is 1. The number of anilines is 1. The van der Waals surface area contributed by atoms with E-state index in [0.717, 1.165) is 28.0 Å². The number of amides is 1. The molecule has 0 saturated carbocycles. The van der Waals surface area contributed by atoms with E-state index in [4.69, 9.17) is 4.52 Å².